The molecule has 6 unspecified atom stereocenters. The van der Waals surface area contributed by atoms with Gasteiger partial charge >= 0.3 is 0 Å². The Kier molecular flexibility index (Phi) is 6.25. The van der Waals surface area contributed by atoms with Crippen LogP contribution < -0.4 is 0 Å². The summed E-state index contributed by atoms with van der Waals surface area (Å²) in [6, 6.07) is 2.79. The molecular weight excluding hydrogens is 294 g/mol. The first kappa shape index (κ1) is 18.2. The molecule has 0 heterocycles. The molecule has 2 nitrogen and oxygen atoms in total. The van der Waals surface area contributed by atoms with E-state index in [0.29, 0.717) is 6.10 Å². The molecule has 0 aromatic rings. The van der Waals surface area contributed by atoms with E-state index < -0.39 is 0 Å². The molecule has 3 rings (SSSR count). The molecule has 136 valence electrons. The largest absolute Gasteiger partial charge is 0.378 e. The van der Waals surface area contributed by atoms with Gasteiger partial charge < -0.3 is 4.74 Å². The Morgan fingerprint density at radius 2 is 1.79 bits per heavy atom. The summed E-state index contributed by atoms with van der Waals surface area (Å²) in [5.74, 6) is 3.60. The fraction of sp³-hybridized carbons (Fsp3) is 0.955. The van der Waals surface area contributed by atoms with E-state index in [0.717, 1.165) is 36.7 Å². The fourth-order valence-electron chi connectivity index (χ4n) is 6.37. The smallest absolute Gasteiger partial charge is 0.0689 e. The standard InChI is InChI=1S/C22H37NO/c1-3-5-6-12-22(16-23)13-11-21-18(15-22)8-7-17-14-19(24-4-2)9-10-20(17)21/h17-21H,3-15H2,1-2H3. The Balaban J connectivity index is 1.60. The molecule has 3 aliphatic rings. The van der Waals surface area contributed by atoms with Crippen LogP contribution in [0.1, 0.15) is 90.9 Å². The van der Waals surface area contributed by atoms with Gasteiger partial charge in [-0.1, -0.05) is 26.2 Å². The van der Waals surface area contributed by atoms with Gasteiger partial charge in [-0.05, 0) is 88.4 Å². The van der Waals surface area contributed by atoms with Crippen molar-refractivity contribution >= 4 is 0 Å². The van der Waals surface area contributed by atoms with Crippen LogP contribution in [0.5, 0.6) is 0 Å². The molecule has 0 radical (unpaired) electrons. The first-order chi connectivity index (χ1) is 11.7. The van der Waals surface area contributed by atoms with Crippen molar-refractivity contribution in [2.75, 3.05) is 6.61 Å². The molecule has 0 bridgehead atoms. The van der Waals surface area contributed by atoms with Crippen LogP contribution in [0.2, 0.25) is 0 Å². The van der Waals surface area contributed by atoms with Crippen LogP contribution in [0, 0.1) is 40.4 Å². The van der Waals surface area contributed by atoms with Crippen LogP contribution in [0.4, 0.5) is 0 Å². The van der Waals surface area contributed by atoms with Gasteiger partial charge in [-0.2, -0.15) is 5.26 Å². The highest BCUT2D eigenvalue weighted by molar-refractivity contribution is 5.06. The molecule has 0 aromatic carbocycles. The van der Waals surface area contributed by atoms with Crippen molar-refractivity contribution in [3.05, 3.63) is 0 Å². The van der Waals surface area contributed by atoms with Crippen molar-refractivity contribution in [1.82, 2.24) is 0 Å². The second-order valence-corrected chi connectivity index (χ2v) is 8.91. The number of hydrogen-bond donors (Lipinski definition) is 0. The second-order valence-electron chi connectivity index (χ2n) is 8.91. The van der Waals surface area contributed by atoms with E-state index in [2.05, 4.69) is 19.9 Å². The van der Waals surface area contributed by atoms with E-state index in [4.69, 9.17) is 4.74 Å². The maximum Gasteiger partial charge on any atom is 0.0689 e. The summed E-state index contributed by atoms with van der Waals surface area (Å²) >= 11 is 0. The summed E-state index contributed by atoms with van der Waals surface area (Å²) in [6.07, 6.45) is 15.9. The minimum atomic E-state index is 0.0195. The number of ether oxygens (including phenoxy) is 1. The number of unbranched alkanes of at least 4 members (excludes halogenated alkanes) is 2. The van der Waals surface area contributed by atoms with Gasteiger partial charge in [0.15, 0.2) is 0 Å². The molecule has 6 atom stereocenters. The van der Waals surface area contributed by atoms with Gasteiger partial charge in [0.1, 0.15) is 0 Å². The fourth-order valence-corrected chi connectivity index (χ4v) is 6.37. The minimum absolute atomic E-state index is 0.0195. The first-order valence-electron chi connectivity index (χ1n) is 10.7. The van der Waals surface area contributed by atoms with Gasteiger partial charge in [-0.3, -0.25) is 0 Å². The van der Waals surface area contributed by atoms with Crippen molar-refractivity contribution in [3.63, 3.8) is 0 Å². The summed E-state index contributed by atoms with van der Waals surface area (Å²) < 4.78 is 5.93. The molecule has 0 saturated heterocycles. The second kappa shape index (κ2) is 8.22. The van der Waals surface area contributed by atoms with E-state index in [1.807, 2.05) is 0 Å². The third-order valence-electron chi connectivity index (χ3n) is 7.56. The Morgan fingerprint density at radius 3 is 2.54 bits per heavy atom. The maximum atomic E-state index is 9.89. The third-order valence-corrected chi connectivity index (χ3v) is 7.56. The zero-order chi connectivity index (χ0) is 17.0. The van der Waals surface area contributed by atoms with Crippen LogP contribution >= 0.6 is 0 Å². The number of rotatable bonds is 6. The number of fused-ring (bicyclic) bond motifs is 3. The lowest BCUT2D eigenvalue weighted by atomic mass is 9.53. The third kappa shape index (κ3) is 3.82. The molecule has 24 heavy (non-hydrogen) atoms. The average molecular weight is 332 g/mol. The summed E-state index contributed by atoms with van der Waals surface area (Å²) in [7, 11) is 0. The Bertz CT molecular complexity index is 442. The number of hydrogen-bond acceptors (Lipinski definition) is 2. The van der Waals surface area contributed by atoms with Gasteiger partial charge in [0.25, 0.3) is 0 Å². The summed E-state index contributed by atoms with van der Waals surface area (Å²) in [5, 5.41) is 9.89. The molecule has 0 aliphatic heterocycles. The molecule has 0 spiro atoms. The van der Waals surface area contributed by atoms with Crippen molar-refractivity contribution in [2.24, 2.45) is 29.1 Å². The first-order valence-corrected chi connectivity index (χ1v) is 10.7. The van der Waals surface area contributed by atoms with Crippen molar-refractivity contribution in [3.8, 4) is 6.07 Å². The van der Waals surface area contributed by atoms with Crippen LogP contribution in [0.3, 0.4) is 0 Å². The van der Waals surface area contributed by atoms with E-state index in [-0.39, 0.29) is 5.41 Å². The van der Waals surface area contributed by atoms with Crippen LogP contribution in [-0.2, 0) is 4.74 Å². The monoisotopic (exact) mass is 331 g/mol. The topological polar surface area (TPSA) is 33.0 Å². The highest BCUT2D eigenvalue weighted by atomic mass is 16.5. The lowest BCUT2D eigenvalue weighted by Gasteiger charge is -2.52. The van der Waals surface area contributed by atoms with Crippen molar-refractivity contribution in [2.45, 2.75) is 97.0 Å². The van der Waals surface area contributed by atoms with Gasteiger partial charge in [0.2, 0.25) is 0 Å². The normalized spacial score (nSPS) is 42.0. The quantitative estimate of drug-likeness (QED) is 0.550. The molecular formula is C22H37NO. The maximum absolute atomic E-state index is 9.89. The molecule has 0 aromatic heterocycles. The van der Waals surface area contributed by atoms with E-state index in [1.54, 1.807) is 0 Å². The SMILES string of the molecule is CCCCCC1(C#N)CCC2C(CCC3CC(OCC)CCC32)C1. The highest BCUT2D eigenvalue weighted by Gasteiger charge is 2.48. The zero-order valence-electron chi connectivity index (χ0n) is 15.9. The van der Waals surface area contributed by atoms with Gasteiger partial charge in [-0.25, -0.2) is 0 Å². The minimum Gasteiger partial charge on any atom is -0.378 e. The lowest BCUT2D eigenvalue weighted by molar-refractivity contribution is -0.0565. The predicted octanol–water partition coefficient (Wildman–Crippen LogP) is 6.11. The Morgan fingerprint density at radius 1 is 1.00 bits per heavy atom. The van der Waals surface area contributed by atoms with Crippen molar-refractivity contribution in [1.29, 1.82) is 5.26 Å². The van der Waals surface area contributed by atoms with E-state index in [9.17, 15) is 5.26 Å². The van der Waals surface area contributed by atoms with Crippen LogP contribution in [0.15, 0.2) is 0 Å². The van der Waals surface area contributed by atoms with E-state index in [1.165, 1.54) is 70.6 Å². The number of nitrogens with zero attached hydrogens (tertiary/aromatic N) is 1. The Labute approximate surface area is 149 Å². The molecule has 0 N–H and O–H groups in total. The molecule has 3 fully saturated rings. The molecule has 0 amide bonds. The predicted molar refractivity (Wildman–Crippen MR) is 98.5 cm³/mol. The summed E-state index contributed by atoms with van der Waals surface area (Å²) in [5.41, 5.74) is 0.0195. The van der Waals surface area contributed by atoms with Gasteiger partial charge in [-0.15, -0.1) is 0 Å². The van der Waals surface area contributed by atoms with Gasteiger partial charge in [0, 0.05) is 6.61 Å². The highest BCUT2D eigenvalue weighted by Crippen LogP contribution is 2.56. The molecule has 2 heteroatoms. The number of nitriles is 1. The van der Waals surface area contributed by atoms with Crippen LogP contribution in [-0.4, -0.2) is 12.7 Å². The van der Waals surface area contributed by atoms with Crippen molar-refractivity contribution < 1.29 is 4.74 Å². The molecule has 3 aliphatic carbocycles. The lowest BCUT2D eigenvalue weighted by Crippen LogP contribution is -2.45. The van der Waals surface area contributed by atoms with Gasteiger partial charge in [0.05, 0.1) is 17.6 Å². The summed E-state index contributed by atoms with van der Waals surface area (Å²) in [6.45, 7) is 5.26. The van der Waals surface area contributed by atoms with E-state index >= 15 is 0 Å². The summed E-state index contributed by atoms with van der Waals surface area (Å²) in [4.78, 5) is 0. The van der Waals surface area contributed by atoms with Crippen LogP contribution in [0.25, 0.3) is 0 Å². The average Bonchev–Trinajstić information content (AvgIpc) is 2.61. The zero-order valence-corrected chi connectivity index (χ0v) is 15.9. The molecule has 3 saturated carbocycles. The Hall–Kier alpha value is -0.550.